The third-order valence-corrected chi connectivity index (χ3v) is 1.70. The van der Waals surface area contributed by atoms with Gasteiger partial charge in [0.15, 0.2) is 0 Å². The molecule has 0 aliphatic carbocycles. The van der Waals surface area contributed by atoms with Crippen molar-refractivity contribution in [2.45, 2.75) is 6.42 Å². The van der Waals surface area contributed by atoms with E-state index in [0.29, 0.717) is 5.71 Å². The van der Waals surface area contributed by atoms with Crippen LogP contribution < -0.4 is 0 Å². The van der Waals surface area contributed by atoms with Crippen LogP contribution in [0.4, 0.5) is 0 Å². The van der Waals surface area contributed by atoms with Crippen molar-refractivity contribution in [1.29, 1.82) is 0 Å². The molecule has 1 aromatic carbocycles. The van der Waals surface area contributed by atoms with Crippen LogP contribution in [0.3, 0.4) is 0 Å². The maximum Gasteiger partial charge on any atom is 0.309 e. The number of hydrogen-bond donors (Lipinski definition) is 1. The zero-order valence-corrected chi connectivity index (χ0v) is 7.40. The first-order chi connectivity index (χ1) is 6.24. The summed E-state index contributed by atoms with van der Waals surface area (Å²) < 4.78 is 0. The molecule has 68 valence electrons. The first-order valence-corrected chi connectivity index (χ1v) is 3.97. The maximum atomic E-state index is 10.5. The van der Waals surface area contributed by atoms with E-state index in [2.05, 4.69) is 4.99 Å². The summed E-state index contributed by atoms with van der Waals surface area (Å²) in [6.07, 6.45) is -0.0273. The van der Waals surface area contributed by atoms with Gasteiger partial charge in [0.25, 0.3) is 0 Å². The third-order valence-electron chi connectivity index (χ3n) is 1.70. The van der Waals surface area contributed by atoms with Gasteiger partial charge in [0.05, 0.1) is 12.1 Å². The van der Waals surface area contributed by atoms with Gasteiger partial charge in [-0.25, -0.2) is 0 Å². The van der Waals surface area contributed by atoms with Crippen LogP contribution in [0.5, 0.6) is 0 Å². The lowest BCUT2D eigenvalue weighted by atomic mass is 10.1. The Labute approximate surface area is 76.7 Å². The summed E-state index contributed by atoms with van der Waals surface area (Å²) in [5.41, 5.74) is 1.47. The van der Waals surface area contributed by atoms with E-state index in [-0.39, 0.29) is 6.42 Å². The molecule has 0 bridgehead atoms. The Morgan fingerprint density at radius 3 is 2.46 bits per heavy atom. The second-order valence-electron chi connectivity index (χ2n) is 2.61. The van der Waals surface area contributed by atoms with Crippen LogP contribution in [0.1, 0.15) is 12.0 Å². The number of carbonyl (C=O) groups is 1. The van der Waals surface area contributed by atoms with Crippen molar-refractivity contribution in [1.82, 2.24) is 0 Å². The first kappa shape index (κ1) is 9.45. The lowest BCUT2D eigenvalue weighted by Gasteiger charge is -2.01. The number of hydrogen-bond acceptors (Lipinski definition) is 2. The summed E-state index contributed by atoms with van der Waals surface area (Å²) >= 11 is 0. The van der Waals surface area contributed by atoms with Crippen LogP contribution in [-0.4, -0.2) is 23.8 Å². The molecule has 1 aromatic rings. The molecule has 3 nitrogen and oxygen atoms in total. The Kier molecular flexibility index (Phi) is 3.20. The van der Waals surface area contributed by atoms with Crippen LogP contribution in [0.2, 0.25) is 0 Å². The molecule has 0 radical (unpaired) electrons. The molecule has 0 fully saturated rings. The van der Waals surface area contributed by atoms with E-state index in [1.165, 1.54) is 0 Å². The molecular weight excluding hydrogens is 166 g/mol. The Hall–Kier alpha value is -1.64. The molecule has 0 atom stereocenters. The van der Waals surface area contributed by atoms with Crippen molar-refractivity contribution in [3.8, 4) is 0 Å². The number of carboxylic acids is 1. The molecule has 13 heavy (non-hydrogen) atoms. The van der Waals surface area contributed by atoms with Crippen molar-refractivity contribution >= 4 is 11.7 Å². The molecule has 0 aromatic heterocycles. The highest BCUT2D eigenvalue weighted by atomic mass is 16.4. The molecule has 0 heterocycles. The number of rotatable bonds is 3. The monoisotopic (exact) mass is 177 g/mol. The summed E-state index contributed by atoms with van der Waals surface area (Å²) in [4.78, 5) is 14.4. The van der Waals surface area contributed by atoms with Crippen LogP contribution >= 0.6 is 0 Å². The SMILES string of the molecule is C/N=C(\CC(=O)O)c1ccccc1. The minimum absolute atomic E-state index is 0.0273. The maximum absolute atomic E-state index is 10.5. The van der Waals surface area contributed by atoms with Gasteiger partial charge in [0.2, 0.25) is 0 Å². The fourth-order valence-corrected chi connectivity index (χ4v) is 1.08. The standard InChI is InChI=1S/C10H11NO2/c1-11-9(7-10(12)13)8-5-3-2-4-6-8/h2-6H,7H2,1H3,(H,12,13)/b11-9+. The molecule has 0 aliphatic rings. The predicted octanol–water partition coefficient (Wildman–Crippen LogP) is 1.58. The molecule has 0 amide bonds. The van der Waals surface area contributed by atoms with Gasteiger partial charge in [-0.15, -0.1) is 0 Å². The summed E-state index contributed by atoms with van der Waals surface area (Å²) in [6.45, 7) is 0. The molecule has 1 rings (SSSR count). The fourth-order valence-electron chi connectivity index (χ4n) is 1.08. The lowest BCUT2D eigenvalue weighted by molar-refractivity contribution is -0.135. The Bertz CT molecular complexity index is 317. The van der Waals surface area contributed by atoms with Crippen molar-refractivity contribution in [2.24, 2.45) is 4.99 Å². The van der Waals surface area contributed by atoms with E-state index in [9.17, 15) is 4.79 Å². The zero-order chi connectivity index (χ0) is 9.68. The van der Waals surface area contributed by atoms with Gasteiger partial charge in [-0.05, 0) is 5.56 Å². The van der Waals surface area contributed by atoms with Crippen molar-refractivity contribution < 1.29 is 9.90 Å². The molecule has 3 heteroatoms. The van der Waals surface area contributed by atoms with E-state index in [4.69, 9.17) is 5.11 Å². The van der Waals surface area contributed by atoms with E-state index in [1.807, 2.05) is 30.3 Å². The number of carboxylic acid groups (broad SMARTS) is 1. The third kappa shape index (κ3) is 2.71. The Balaban J connectivity index is 2.86. The van der Waals surface area contributed by atoms with Gasteiger partial charge in [-0.3, -0.25) is 9.79 Å². The molecule has 0 saturated heterocycles. The van der Waals surface area contributed by atoms with Crippen LogP contribution in [0.25, 0.3) is 0 Å². The van der Waals surface area contributed by atoms with Gasteiger partial charge in [-0.2, -0.15) is 0 Å². The average molecular weight is 177 g/mol. The summed E-state index contributed by atoms with van der Waals surface area (Å²) in [5, 5.41) is 8.60. The minimum Gasteiger partial charge on any atom is -0.481 e. The van der Waals surface area contributed by atoms with Crippen LogP contribution in [0.15, 0.2) is 35.3 Å². The van der Waals surface area contributed by atoms with Gasteiger partial charge in [0.1, 0.15) is 0 Å². The van der Waals surface area contributed by atoms with Crippen LogP contribution in [0, 0.1) is 0 Å². The quantitative estimate of drug-likeness (QED) is 0.712. The highest BCUT2D eigenvalue weighted by Crippen LogP contribution is 2.03. The van der Waals surface area contributed by atoms with Gasteiger partial charge in [-0.1, -0.05) is 30.3 Å². The molecule has 0 saturated carbocycles. The van der Waals surface area contributed by atoms with Crippen molar-refractivity contribution in [2.75, 3.05) is 7.05 Å². The van der Waals surface area contributed by atoms with Crippen molar-refractivity contribution in [3.05, 3.63) is 35.9 Å². The number of aliphatic carboxylic acids is 1. The molecule has 1 N–H and O–H groups in total. The summed E-state index contributed by atoms with van der Waals surface area (Å²) in [5.74, 6) is -0.857. The van der Waals surface area contributed by atoms with E-state index in [1.54, 1.807) is 7.05 Å². The highest BCUT2D eigenvalue weighted by molar-refractivity contribution is 6.08. The topological polar surface area (TPSA) is 49.7 Å². The highest BCUT2D eigenvalue weighted by Gasteiger charge is 2.06. The van der Waals surface area contributed by atoms with Crippen LogP contribution in [-0.2, 0) is 4.79 Å². The first-order valence-electron chi connectivity index (χ1n) is 3.97. The minimum atomic E-state index is -0.857. The number of benzene rings is 1. The second kappa shape index (κ2) is 4.40. The van der Waals surface area contributed by atoms with Crippen molar-refractivity contribution in [3.63, 3.8) is 0 Å². The second-order valence-corrected chi connectivity index (χ2v) is 2.61. The Morgan fingerprint density at radius 2 is 2.00 bits per heavy atom. The molecule has 0 spiro atoms. The predicted molar refractivity (Wildman–Crippen MR) is 51.2 cm³/mol. The summed E-state index contributed by atoms with van der Waals surface area (Å²) in [7, 11) is 1.60. The normalized spacial score (nSPS) is 11.3. The number of aliphatic imine (C=N–C) groups is 1. The van der Waals surface area contributed by atoms with E-state index < -0.39 is 5.97 Å². The smallest absolute Gasteiger partial charge is 0.309 e. The van der Waals surface area contributed by atoms with E-state index >= 15 is 0 Å². The average Bonchev–Trinajstić information content (AvgIpc) is 2.15. The van der Waals surface area contributed by atoms with Gasteiger partial charge in [0, 0.05) is 7.05 Å². The summed E-state index contributed by atoms with van der Waals surface area (Å²) in [6, 6.07) is 9.32. The molecule has 0 aliphatic heterocycles. The fraction of sp³-hybridized carbons (Fsp3) is 0.200. The van der Waals surface area contributed by atoms with Gasteiger partial charge < -0.3 is 5.11 Å². The lowest BCUT2D eigenvalue weighted by Crippen LogP contribution is -2.08. The van der Waals surface area contributed by atoms with E-state index in [0.717, 1.165) is 5.56 Å². The van der Waals surface area contributed by atoms with Gasteiger partial charge >= 0.3 is 5.97 Å². The molecular formula is C10H11NO2. The Morgan fingerprint density at radius 1 is 1.38 bits per heavy atom. The largest absolute Gasteiger partial charge is 0.481 e. The zero-order valence-electron chi connectivity index (χ0n) is 7.40. The number of nitrogens with zero attached hydrogens (tertiary/aromatic N) is 1. The molecule has 0 unspecified atom stereocenters.